The summed E-state index contributed by atoms with van der Waals surface area (Å²) in [4.78, 5) is 16.2. The lowest BCUT2D eigenvalue weighted by Crippen LogP contribution is -2.14. The van der Waals surface area contributed by atoms with Gasteiger partial charge in [-0.2, -0.15) is 0 Å². The van der Waals surface area contributed by atoms with E-state index < -0.39 is 0 Å². The van der Waals surface area contributed by atoms with Gasteiger partial charge in [0.15, 0.2) is 0 Å². The molecule has 110 valence electrons. The van der Waals surface area contributed by atoms with Crippen LogP contribution in [0.1, 0.15) is 16.1 Å². The van der Waals surface area contributed by atoms with E-state index in [4.69, 9.17) is 11.6 Å². The van der Waals surface area contributed by atoms with E-state index in [-0.39, 0.29) is 11.6 Å². The first kappa shape index (κ1) is 14.2. The molecule has 1 N–H and O–H groups in total. The molecule has 0 fully saturated rings. The fourth-order valence-electron chi connectivity index (χ4n) is 1.88. The van der Waals surface area contributed by atoms with Gasteiger partial charge in [-0.05, 0) is 47.2 Å². The number of carbonyl (C=O) groups is 1. The minimum atomic E-state index is -0.334. The summed E-state index contributed by atoms with van der Waals surface area (Å²) in [5.74, 6) is -0.334. The predicted molar refractivity (Wildman–Crippen MR) is 81.1 cm³/mol. The van der Waals surface area contributed by atoms with Crippen LogP contribution in [0.25, 0.3) is 5.69 Å². The third-order valence-corrected chi connectivity index (χ3v) is 3.27. The quantitative estimate of drug-likeness (QED) is 0.801. The first-order chi connectivity index (χ1) is 10.6. The van der Waals surface area contributed by atoms with Crippen LogP contribution in [0.4, 0.5) is 5.69 Å². The average Bonchev–Trinajstić information content (AvgIpc) is 3.04. The van der Waals surface area contributed by atoms with Gasteiger partial charge in [-0.1, -0.05) is 17.7 Å². The number of hydrogen-bond acceptors (Lipinski definition) is 5. The van der Waals surface area contributed by atoms with E-state index in [1.54, 1.807) is 12.1 Å². The van der Waals surface area contributed by atoms with Crippen molar-refractivity contribution < 1.29 is 4.79 Å². The molecule has 0 bridgehead atoms. The number of amides is 1. The molecule has 1 aromatic carbocycles. The number of tetrazole rings is 1. The highest BCUT2D eigenvalue weighted by atomic mass is 35.5. The fourth-order valence-corrected chi connectivity index (χ4v) is 2.04. The Morgan fingerprint density at radius 1 is 1.27 bits per heavy atom. The first-order valence-corrected chi connectivity index (χ1v) is 6.78. The van der Waals surface area contributed by atoms with Crippen LogP contribution in [-0.2, 0) is 0 Å². The second-order valence-electron chi connectivity index (χ2n) is 4.57. The first-order valence-electron chi connectivity index (χ1n) is 6.40. The number of aromatic nitrogens is 5. The van der Waals surface area contributed by atoms with Crippen LogP contribution in [0.5, 0.6) is 0 Å². The molecule has 3 rings (SSSR count). The number of aryl methyl sites for hydroxylation is 1. The van der Waals surface area contributed by atoms with Crippen LogP contribution < -0.4 is 5.32 Å². The second-order valence-corrected chi connectivity index (χ2v) is 5.00. The Morgan fingerprint density at radius 3 is 2.86 bits per heavy atom. The molecular formula is C14H11ClN6O. The van der Waals surface area contributed by atoms with Crippen LogP contribution in [0.2, 0.25) is 5.02 Å². The third-order valence-electron chi connectivity index (χ3n) is 3.04. The molecule has 1 amide bonds. The van der Waals surface area contributed by atoms with Crippen LogP contribution >= 0.6 is 11.6 Å². The molecule has 2 aromatic heterocycles. The number of pyridine rings is 1. The topological polar surface area (TPSA) is 85.6 Å². The molecular weight excluding hydrogens is 304 g/mol. The van der Waals surface area contributed by atoms with E-state index in [0.717, 1.165) is 11.3 Å². The minimum Gasteiger partial charge on any atom is -0.320 e. The Bertz CT molecular complexity index is 818. The number of anilines is 1. The summed E-state index contributed by atoms with van der Waals surface area (Å²) >= 11 is 5.87. The van der Waals surface area contributed by atoms with Crippen LogP contribution in [0, 0.1) is 6.92 Å². The molecule has 0 saturated heterocycles. The molecule has 0 unspecified atom stereocenters. The molecule has 0 atom stereocenters. The van der Waals surface area contributed by atoms with E-state index in [1.165, 1.54) is 23.3 Å². The number of nitrogens with one attached hydrogen (secondary N) is 1. The van der Waals surface area contributed by atoms with Crippen LogP contribution in [-0.4, -0.2) is 31.1 Å². The van der Waals surface area contributed by atoms with Crippen molar-refractivity contribution >= 4 is 23.2 Å². The Morgan fingerprint density at radius 2 is 2.14 bits per heavy atom. The van der Waals surface area contributed by atoms with E-state index in [1.807, 2.05) is 19.1 Å². The van der Waals surface area contributed by atoms with Gasteiger partial charge >= 0.3 is 0 Å². The lowest BCUT2D eigenvalue weighted by Gasteiger charge is -2.10. The van der Waals surface area contributed by atoms with E-state index in [9.17, 15) is 4.79 Å². The van der Waals surface area contributed by atoms with Crippen molar-refractivity contribution in [3.8, 4) is 5.69 Å². The highest BCUT2D eigenvalue weighted by molar-refractivity contribution is 6.30. The molecule has 2 heterocycles. The molecule has 0 aliphatic heterocycles. The van der Waals surface area contributed by atoms with Crippen LogP contribution in [0.3, 0.4) is 0 Å². The van der Waals surface area contributed by atoms with Crippen molar-refractivity contribution in [3.63, 3.8) is 0 Å². The minimum absolute atomic E-state index is 0.250. The number of rotatable bonds is 3. The molecule has 0 radical (unpaired) electrons. The molecule has 0 aliphatic rings. The maximum atomic E-state index is 12.2. The number of carbonyl (C=O) groups excluding carboxylic acids is 1. The number of hydrogen-bond donors (Lipinski definition) is 1. The van der Waals surface area contributed by atoms with Gasteiger partial charge in [-0.25, -0.2) is 4.68 Å². The van der Waals surface area contributed by atoms with E-state index in [0.29, 0.717) is 10.7 Å². The van der Waals surface area contributed by atoms with Crippen molar-refractivity contribution in [1.29, 1.82) is 0 Å². The van der Waals surface area contributed by atoms with Crippen LogP contribution in [0.15, 0.2) is 42.9 Å². The van der Waals surface area contributed by atoms with Gasteiger partial charge in [0.2, 0.25) is 0 Å². The summed E-state index contributed by atoms with van der Waals surface area (Å²) in [5.41, 5.74) is 2.55. The summed E-state index contributed by atoms with van der Waals surface area (Å²) in [6.45, 7) is 1.89. The fraction of sp³-hybridized carbons (Fsp3) is 0.0714. The lowest BCUT2D eigenvalue weighted by molar-refractivity contribution is 0.102. The maximum absolute atomic E-state index is 12.2. The highest BCUT2D eigenvalue weighted by Gasteiger charge is 2.11. The summed E-state index contributed by atoms with van der Waals surface area (Å²) in [7, 11) is 0. The van der Waals surface area contributed by atoms with Crippen molar-refractivity contribution in [1.82, 2.24) is 25.2 Å². The van der Waals surface area contributed by atoms with Gasteiger partial charge in [-0.15, -0.1) is 5.10 Å². The second kappa shape index (κ2) is 5.90. The van der Waals surface area contributed by atoms with Crippen molar-refractivity contribution in [2.24, 2.45) is 0 Å². The lowest BCUT2D eigenvalue weighted by atomic mass is 10.1. The average molecular weight is 315 g/mol. The standard InChI is InChI=1S/C14H11ClN6O/c1-9-2-3-11(21-8-17-19-20-21)7-12(9)18-14(22)13-6-10(15)4-5-16-13/h2-8H,1H3,(H,18,22). The molecule has 8 heteroatoms. The van der Waals surface area contributed by atoms with E-state index in [2.05, 4.69) is 25.8 Å². The molecule has 22 heavy (non-hydrogen) atoms. The van der Waals surface area contributed by atoms with Crippen molar-refractivity contribution in [2.45, 2.75) is 6.92 Å². The molecule has 0 aliphatic carbocycles. The Labute approximate surface area is 130 Å². The zero-order chi connectivity index (χ0) is 15.5. The van der Waals surface area contributed by atoms with Gasteiger partial charge in [0, 0.05) is 16.9 Å². The summed E-state index contributed by atoms with van der Waals surface area (Å²) in [6, 6.07) is 8.64. The Hall–Kier alpha value is -2.80. The predicted octanol–water partition coefficient (Wildman–Crippen LogP) is 2.27. The van der Waals surface area contributed by atoms with E-state index >= 15 is 0 Å². The SMILES string of the molecule is Cc1ccc(-n2cnnn2)cc1NC(=O)c1cc(Cl)ccn1. The van der Waals surface area contributed by atoms with Gasteiger partial charge in [-0.3, -0.25) is 9.78 Å². The van der Waals surface area contributed by atoms with Gasteiger partial charge < -0.3 is 5.32 Å². The molecule has 0 spiro atoms. The molecule has 3 aromatic rings. The zero-order valence-corrected chi connectivity index (χ0v) is 12.3. The normalized spacial score (nSPS) is 10.5. The molecule has 0 saturated carbocycles. The maximum Gasteiger partial charge on any atom is 0.274 e. The molecule has 7 nitrogen and oxygen atoms in total. The van der Waals surface area contributed by atoms with Crippen molar-refractivity contribution in [3.05, 3.63) is 59.1 Å². The third kappa shape index (κ3) is 2.94. The summed E-state index contributed by atoms with van der Waals surface area (Å²) in [5, 5.41) is 14.3. The number of nitrogens with zero attached hydrogens (tertiary/aromatic N) is 5. The number of halogens is 1. The number of benzene rings is 1. The highest BCUT2D eigenvalue weighted by Crippen LogP contribution is 2.20. The summed E-state index contributed by atoms with van der Waals surface area (Å²) < 4.78 is 1.51. The van der Waals surface area contributed by atoms with Gasteiger partial charge in [0.1, 0.15) is 12.0 Å². The smallest absolute Gasteiger partial charge is 0.274 e. The Kier molecular flexibility index (Phi) is 3.80. The monoisotopic (exact) mass is 314 g/mol. The van der Waals surface area contributed by atoms with Gasteiger partial charge in [0.05, 0.1) is 5.69 Å². The largest absolute Gasteiger partial charge is 0.320 e. The summed E-state index contributed by atoms with van der Waals surface area (Å²) in [6.07, 6.45) is 2.97. The zero-order valence-electron chi connectivity index (χ0n) is 11.6. The Balaban J connectivity index is 1.88. The van der Waals surface area contributed by atoms with Crippen molar-refractivity contribution in [2.75, 3.05) is 5.32 Å². The van der Waals surface area contributed by atoms with Gasteiger partial charge in [0.25, 0.3) is 5.91 Å².